The number of hydrogen-bond acceptors (Lipinski definition) is 4. The molecule has 0 aliphatic carbocycles. The van der Waals surface area contributed by atoms with E-state index in [2.05, 4.69) is 34.5 Å². The Balaban J connectivity index is 0.00000338. The van der Waals surface area contributed by atoms with Gasteiger partial charge in [0.25, 0.3) is 0 Å². The fourth-order valence-electron chi connectivity index (χ4n) is 2.98. The molecule has 0 bridgehead atoms. The summed E-state index contributed by atoms with van der Waals surface area (Å²) < 4.78 is 11.3. The highest BCUT2D eigenvalue weighted by atomic mass is 127. The second-order valence-electron chi connectivity index (χ2n) is 6.46. The number of benzene rings is 1. The Hall–Kier alpha value is -1.22. The average Bonchev–Trinajstić information content (AvgIpc) is 3.03. The van der Waals surface area contributed by atoms with Gasteiger partial charge in [-0.2, -0.15) is 0 Å². The monoisotopic (exact) mass is 476 g/mol. The summed E-state index contributed by atoms with van der Waals surface area (Å²) in [6.45, 7) is 7.62. The number of nitrogens with zero attached hydrogens (tertiary/aromatic N) is 2. The molecule has 7 heteroatoms. The minimum Gasteiger partial charge on any atom is -0.493 e. The average molecular weight is 476 g/mol. The number of aliphatic imine (C=N–C) groups is 1. The van der Waals surface area contributed by atoms with E-state index in [1.807, 2.05) is 31.2 Å². The fraction of sp³-hybridized carbons (Fsp3) is 0.632. The molecule has 2 atom stereocenters. The first kappa shape index (κ1) is 22.8. The molecule has 0 aromatic heterocycles. The lowest BCUT2D eigenvalue weighted by atomic mass is 10.2. The first-order chi connectivity index (χ1) is 12.1. The lowest BCUT2D eigenvalue weighted by molar-refractivity contribution is 0.219. The van der Waals surface area contributed by atoms with E-state index in [1.165, 1.54) is 19.4 Å². The first-order valence-corrected chi connectivity index (χ1v) is 9.16. The van der Waals surface area contributed by atoms with Gasteiger partial charge >= 0.3 is 0 Å². The minimum absolute atomic E-state index is 0. The van der Waals surface area contributed by atoms with Crippen molar-refractivity contribution in [1.29, 1.82) is 0 Å². The molecule has 1 aliphatic rings. The van der Waals surface area contributed by atoms with E-state index in [9.17, 15) is 0 Å². The zero-order valence-electron chi connectivity index (χ0n) is 16.3. The molecule has 1 saturated heterocycles. The van der Waals surface area contributed by atoms with Crippen LogP contribution in [-0.2, 0) is 0 Å². The van der Waals surface area contributed by atoms with E-state index in [1.54, 1.807) is 7.11 Å². The van der Waals surface area contributed by atoms with Crippen LogP contribution in [0.4, 0.5) is 0 Å². The van der Waals surface area contributed by atoms with E-state index in [0.29, 0.717) is 12.6 Å². The smallest absolute Gasteiger partial charge is 0.191 e. The Morgan fingerprint density at radius 3 is 2.65 bits per heavy atom. The number of nitrogens with one attached hydrogen (secondary N) is 2. The highest BCUT2D eigenvalue weighted by Crippen LogP contribution is 2.26. The van der Waals surface area contributed by atoms with Crippen molar-refractivity contribution in [2.45, 2.75) is 38.8 Å². The van der Waals surface area contributed by atoms with Crippen molar-refractivity contribution in [2.75, 3.05) is 40.3 Å². The van der Waals surface area contributed by atoms with Crippen LogP contribution in [0, 0.1) is 0 Å². The summed E-state index contributed by atoms with van der Waals surface area (Å²) in [5.41, 5.74) is 0. The van der Waals surface area contributed by atoms with Crippen molar-refractivity contribution >= 4 is 29.9 Å². The standard InChI is InChI=1S/C19H32N4O2.HI/c1-5-20-19(22-14-16-9-8-12-23(16)3)21-13-15(2)25-18-11-7-6-10-17(18)24-4;/h6-7,10-11,15-16H,5,8-9,12-14H2,1-4H3,(H2,20,21,22);1H. The largest absolute Gasteiger partial charge is 0.493 e. The van der Waals surface area contributed by atoms with Crippen molar-refractivity contribution in [1.82, 2.24) is 15.5 Å². The summed E-state index contributed by atoms with van der Waals surface area (Å²) in [6, 6.07) is 8.28. The SMILES string of the molecule is CCNC(=NCC(C)Oc1ccccc1OC)NCC1CCCN1C.I. The van der Waals surface area contributed by atoms with Gasteiger partial charge in [-0.25, -0.2) is 4.99 Å². The zero-order valence-corrected chi connectivity index (χ0v) is 18.7. The van der Waals surface area contributed by atoms with Gasteiger partial charge < -0.3 is 25.0 Å². The van der Waals surface area contributed by atoms with Gasteiger partial charge in [0.1, 0.15) is 6.10 Å². The number of hydrogen-bond donors (Lipinski definition) is 2. The topological polar surface area (TPSA) is 58.1 Å². The zero-order chi connectivity index (χ0) is 18.1. The third-order valence-corrected chi connectivity index (χ3v) is 4.42. The third-order valence-electron chi connectivity index (χ3n) is 4.42. The Labute approximate surface area is 174 Å². The highest BCUT2D eigenvalue weighted by molar-refractivity contribution is 14.0. The molecule has 0 radical (unpaired) electrons. The molecule has 26 heavy (non-hydrogen) atoms. The molecule has 0 amide bonds. The second-order valence-corrected chi connectivity index (χ2v) is 6.46. The van der Waals surface area contributed by atoms with Gasteiger partial charge in [-0.3, -0.25) is 0 Å². The van der Waals surface area contributed by atoms with Crippen LogP contribution in [0.1, 0.15) is 26.7 Å². The number of halogens is 1. The van der Waals surface area contributed by atoms with Crippen LogP contribution < -0.4 is 20.1 Å². The van der Waals surface area contributed by atoms with E-state index in [0.717, 1.165) is 30.5 Å². The molecule has 1 heterocycles. The van der Waals surface area contributed by atoms with E-state index >= 15 is 0 Å². The van der Waals surface area contributed by atoms with Crippen LogP contribution >= 0.6 is 24.0 Å². The first-order valence-electron chi connectivity index (χ1n) is 9.16. The second kappa shape index (κ2) is 12.2. The minimum atomic E-state index is -0.0408. The van der Waals surface area contributed by atoms with Crippen LogP contribution in [0.5, 0.6) is 11.5 Å². The molecule has 2 unspecified atom stereocenters. The number of methoxy groups -OCH3 is 1. The molecule has 6 nitrogen and oxygen atoms in total. The van der Waals surface area contributed by atoms with Gasteiger partial charge in [-0.1, -0.05) is 12.1 Å². The van der Waals surface area contributed by atoms with Crippen molar-refractivity contribution in [3.8, 4) is 11.5 Å². The van der Waals surface area contributed by atoms with Gasteiger partial charge in [0.2, 0.25) is 0 Å². The van der Waals surface area contributed by atoms with E-state index < -0.39 is 0 Å². The Bertz CT molecular complexity index is 556. The quantitative estimate of drug-likeness (QED) is 0.344. The number of guanidine groups is 1. The van der Waals surface area contributed by atoms with Crippen molar-refractivity contribution in [3.63, 3.8) is 0 Å². The predicted molar refractivity (Wildman–Crippen MR) is 118 cm³/mol. The molecule has 1 aromatic carbocycles. The number of para-hydroxylation sites is 2. The molecule has 148 valence electrons. The summed E-state index contributed by atoms with van der Waals surface area (Å²) in [4.78, 5) is 7.07. The number of rotatable bonds is 8. The number of likely N-dealkylation sites (tertiary alicyclic amines) is 1. The van der Waals surface area contributed by atoms with Gasteiger partial charge in [0.15, 0.2) is 17.5 Å². The lowest BCUT2D eigenvalue weighted by Gasteiger charge is -2.21. The van der Waals surface area contributed by atoms with Gasteiger partial charge in [0, 0.05) is 19.1 Å². The summed E-state index contributed by atoms with van der Waals surface area (Å²) >= 11 is 0. The molecule has 1 aliphatic heterocycles. The summed E-state index contributed by atoms with van der Waals surface area (Å²) in [5, 5.41) is 6.76. The molecule has 0 saturated carbocycles. The maximum Gasteiger partial charge on any atom is 0.191 e. The molecule has 0 spiro atoms. The van der Waals surface area contributed by atoms with Crippen LogP contribution in [0.15, 0.2) is 29.3 Å². The van der Waals surface area contributed by atoms with Gasteiger partial charge in [-0.05, 0) is 52.4 Å². The van der Waals surface area contributed by atoms with E-state index in [4.69, 9.17) is 9.47 Å². The van der Waals surface area contributed by atoms with Crippen LogP contribution in [0.2, 0.25) is 0 Å². The third kappa shape index (κ3) is 7.19. The van der Waals surface area contributed by atoms with Gasteiger partial charge in [-0.15, -0.1) is 24.0 Å². The highest BCUT2D eigenvalue weighted by Gasteiger charge is 2.20. The molecule has 2 N–H and O–H groups in total. The molecule has 2 rings (SSSR count). The normalized spacial score (nSPS) is 18.8. The van der Waals surface area contributed by atoms with Gasteiger partial charge in [0.05, 0.1) is 13.7 Å². The Morgan fingerprint density at radius 1 is 1.31 bits per heavy atom. The van der Waals surface area contributed by atoms with Crippen molar-refractivity contribution in [2.24, 2.45) is 4.99 Å². The number of ether oxygens (including phenoxy) is 2. The van der Waals surface area contributed by atoms with Crippen molar-refractivity contribution in [3.05, 3.63) is 24.3 Å². The maximum absolute atomic E-state index is 5.96. The summed E-state index contributed by atoms with van der Waals surface area (Å²) in [7, 11) is 3.84. The molecular weight excluding hydrogens is 443 g/mol. The number of likely N-dealkylation sites (N-methyl/N-ethyl adjacent to an activating group) is 1. The van der Waals surface area contributed by atoms with Crippen LogP contribution in [-0.4, -0.2) is 63.3 Å². The Kier molecular flexibility index (Phi) is 10.7. The predicted octanol–water partition coefficient (Wildman–Crippen LogP) is 2.73. The molecular formula is C19H33IN4O2. The maximum atomic E-state index is 5.96. The Morgan fingerprint density at radius 2 is 2.04 bits per heavy atom. The molecule has 1 fully saturated rings. The molecule has 1 aromatic rings. The van der Waals surface area contributed by atoms with Crippen LogP contribution in [0.25, 0.3) is 0 Å². The van der Waals surface area contributed by atoms with Crippen LogP contribution in [0.3, 0.4) is 0 Å². The fourth-order valence-corrected chi connectivity index (χ4v) is 2.98. The summed E-state index contributed by atoms with van der Waals surface area (Å²) in [5.74, 6) is 2.34. The lowest BCUT2D eigenvalue weighted by Crippen LogP contribution is -2.44. The van der Waals surface area contributed by atoms with E-state index in [-0.39, 0.29) is 30.1 Å². The van der Waals surface area contributed by atoms with Crippen molar-refractivity contribution < 1.29 is 9.47 Å². The summed E-state index contributed by atoms with van der Waals surface area (Å²) in [6.07, 6.45) is 2.48.